The first kappa shape index (κ1) is 12.8. The van der Waals surface area contributed by atoms with Gasteiger partial charge in [0, 0.05) is 20.0 Å². The number of benzene rings is 1. The quantitative estimate of drug-likeness (QED) is 0.880. The van der Waals surface area contributed by atoms with Gasteiger partial charge < -0.3 is 19.7 Å². The van der Waals surface area contributed by atoms with E-state index in [0.29, 0.717) is 25.1 Å². The van der Waals surface area contributed by atoms with Crippen molar-refractivity contribution < 1.29 is 19.1 Å². The van der Waals surface area contributed by atoms with Gasteiger partial charge in [-0.25, -0.2) is 0 Å². The van der Waals surface area contributed by atoms with Gasteiger partial charge in [0.1, 0.15) is 6.04 Å². The van der Waals surface area contributed by atoms with Crippen molar-refractivity contribution in [2.24, 2.45) is 0 Å². The number of rotatable bonds is 3. The van der Waals surface area contributed by atoms with Crippen LogP contribution in [0.4, 0.5) is 0 Å². The summed E-state index contributed by atoms with van der Waals surface area (Å²) in [7, 11) is 1.67. The van der Waals surface area contributed by atoms with Crippen molar-refractivity contribution >= 4 is 11.8 Å². The standard InChI is InChI=1S/C14H16N2O4/c1-16-10(3-5-13(16)17)14(18)15-7-9-2-4-11-12(6-9)20-8-19-11/h2,4,6,10H,3,5,7-8H2,1H3,(H,15,18). The number of fused-ring (bicyclic) bond motifs is 1. The van der Waals surface area contributed by atoms with Crippen LogP contribution in [0.15, 0.2) is 18.2 Å². The maximum Gasteiger partial charge on any atom is 0.243 e. The minimum Gasteiger partial charge on any atom is -0.454 e. The van der Waals surface area contributed by atoms with E-state index in [0.717, 1.165) is 11.3 Å². The summed E-state index contributed by atoms with van der Waals surface area (Å²) in [5.41, 5.74) is 0.939. The number of carbonyl (C=O) groups excluding carboxylic acids is 2. The lowest BCUT2D eigenvalue weighted by atomic mass is 10.1. The van der Waals surface area contributed by atoms with Crippen molar-refractivity contribution in [3.05, 3.63) is 23.8 Å². The maximum atomic E-state index is 12.0. The Hall–Kier alpha value is -2.24. The van der Waals surface area contributed by atoms with Gasteiger partial charge in [-0.1, -0.05) is 6.07 Å². The molecule has 0 spiro atoms. The summed E-state index contributed by atoms with van der Waals surface area (Å²) in [6, 6.07) is 5.22. The van der Waals surface area contributed by atoms with Gasteiger partial charge in [-0.3, -0.25) is 9.59 Å². The Kier molecular flexibility index (Phi) is 3.22. The fraction of sp³-hybridized carbons (Fsp3) is 0.429. The van der Waals surface area contributed by atoms with E-state index >= 15 is 0 Å². The summed E-state index contributed by atoms with van der Waals surface area (Å²) in [5.74, 6) is 1.33. The van der Waals surface area contributed by atoms with E-state index in [1.807, 2.05) is 18.2 Å². The van der Waals surface area contributed by atoms with E-state index in [9.17, 15) is 9.59 Å². The highest BCUT2D eigenvalue weighted by atomic mass is 16.7. The number of likely N-dealkylation sites (N-methyl/N-ethyl adjacent to an activating group) is 1. The van der Waals surface area contributed by atoms with E-state index < -0.39 is 0 Å². The van der Waals surface area contributed by atoms with E-state index in [1.54, 1.807) is 7.05 Å². The Balaban J connectivity index is 1.59. The van der Waals surface area contributed by atoms with Crippen LogP contribution in [0, 0.1) is 0 Å². The summed E-state index contributed by atoms with van der Waals surface area (Å²) < 4.78 is 10.5. The van der Waals surface area contributed by atoms with Crippen molar-refractivity contribution in [2.75, 3.05) is 13.8 Å². The zero-order valence-electron chi connectivity index (χ0n) is 11.2. The molecule has 2 heterocycles. The van der Waals surface area contributed by atoms with E-state index in [4.69, 9.17) is 9.47 Å². The summed E-state index contributed by atoms with van der Waals surface area (Å²) >= 11 is 0. The third-order valence-corrected chi connectivity index (χ3v) is 3.70. The van der Waals surface area contributed by atoms with Crippen molar-refractivity contribution in [1.82, 2.24) is 10.2 Å². The minimum atomic E-state index is -0.350. The zero-order valence-corrected chi connectivity index (χ0v) is 11.2. The molecule has 1 unspecified atom stereocenters. The molecule has 6 nitrogen and oxygen atoms in total. The van der Waals surface area contributed by atoms with Gasteiger partial charge in [-0.2, -0.15) is 0 Å². The van der Waals surface area contributed by atoms with Gasteiger partial charge in [0.05, 0.1) is 0 Å². The van der Waals surface area contributed by atoms with Crippen LogP contribution < -0.4 is 14.8 Å². The van der Waals surface area contributed by atoms with Crippen LogP contribution in [0.3, 0.4) is 0 Å². The van der Waals surface area contributed by atoms with Gasteiger partial charge in [-0.05, 0) is 24.1 Å². The monoisotopic (exact) mass is 276 g/mol. The number of nitrogens with zero attached hydrogens (tertiary/aromatic N) is 1. The number of amides is 2. The molecule has 0 aromatic heterocycles. The fourth-order valence-corrected chi connectivity index (χ4v) is 2.47. The number of carbonyl (C=O) groups is 2. The summed E-state index contributed by atoms with van der Waals surface area (Å²) in [6.45, 7) is 0.647. The average molecular weight is 276 g/mol. The lowest BCUT2D eigenvalue weighted by Gasteiger charge is -2.19. The van der Waals surface area contributed by atoms with Crippen molar-refractivity contribution in [1.29, 1.82) is 0 Å². The molecule has 1 atom stereocenters. The summed E-state index contributed by atoms with van der Waals surface area (Å²) in [5, 5.41) is 2.85. The molecule has 0 aliphatic carbocycles. The van der Waals surface area contributed by atoms with Crippen molar-refractivity contribution in [3.63, 3.8) is 0 Å². The van der Waals surface area contributed by atoms with E-state index in [1.165, 1.54) is 4.90 Å². The van der Waals surface area contributed by atoms with Crippen LogP contribution in [-0.4, -0.2) is 36.6 Å². The second kappa shape index (κ2) is 5.03. The molecule has 2 aliphatic heterocycles. The van der Waals surface area contributed by atoms with Crippen LogP contribution in [0.5, 0.6) is 11.5 Å². The van der Waals surface area contributed by atoms with Crippen LogP contribution in [0.2, 0.25) is 0 Å². The summed E-state index contributed by atoms with van der Waals surface area (Å²) in [4.78, 5) is 25.0. The van der Waals surface area contributed by atoms with Crippen molar-refractivity contribution in [3.8, 4) is 11.5 Å². The average Bonchev–Trinajstić information content (AvgIpc) is 3.03. The predicted molar refractivity (Wildman–Crippen MR) is 70.2 cm³/mol. The molecule has 1 N–H and O–H groups in total. The third-order valence-electron chi connectivity index (χ3n) is 3.70. The highest BCUT2D eigenvalue weighted by Gasteiger charge is 2.32. The lowest BCUT2D eigenvalue weighted by molar-refractivity contribution is -0.133. The fourth-order valence-electron chi connectivity index (χ4n) is 2.47. The smallest absolute Gasteiger partial charge is 0.243 e. The second-order valence-electron chi connectivity index (χ2n) is 4.96. The van der Waals surface area contributed by atoms with Crippen LogP contribution >= 0.6 is 0 Å². The van der Waals surface area contributed by atoms with E-state index in [2.05, 4.69) is 5.32 Å². The molecule has 1 fully saturated rings. The number of hydrogen-bond acceptors (Lipinski definition) is 4. The zero-order chi connectivity index (χ0) is 14.1. The van der Waals surface area contributed by atoms with Gasteiger partial charge in [0.2, 0.25) is 18.6 Å². The predicted octanol–water partition coefficient (Wildman–Crippen LogP) is 0.652. The third kappa shape index (κ3) is 2.29. The topological polar surface area (TPSA) is 67.9 Å². The second-order valence-corrected chi connectivity index (χ2v) is 4.96. The molecule has 2 aliphatic rings. The molecule has 3 rings (SSSR count). The first-order valence-electron chi connectivity index (χ1n) is 6.57. The Labute approximate surface area is 116 Å². The number of nitrogens with one attached hydrogen (secondary N) is 1. The maximum absolute atomic E-state index is 12.0. The SMILES string of the molecule is CN1C(=O)CCC1C(=O)NCc1ccc2c(c1)OCO2. The molecule has 0 radical (unpaired) electrons. The normalized spacial score (nSPS) is 20.4. The Bertz CT molecular complexity index is 558. The molecular formula is C14H16N2O4. The molecule has 106 valence electrons. The number of ether oxygens (including phenoxy) is 2. The van der Waals surface area contributed by atoms with Crippen LogP contribution in [-0.2, 0) is 16.1 Å². The molecule has 0 bridgehead atoms. The van der Waals surface area contributed by atoms with Gasteiger partial charge in [-0.15, -0.1) is 0 Å². The highest BCUT2D eigenvalue weighted by molar-refractivity contribution is 5.90. The first-order chi connectivity index (χ1) is 9.65. The molecule has 6 heteroatoms. The highest BCUT2D eigenvalue weighted by Crippen LogP contribution is 2.32. The van der Waals surface area contributed by atoms with E-state index in [-0.39, 0.29) is 24.6 Å². The van der Waals surface area contributed by atoms with Crippen LogP contribution in [0.25, 0.3) is 0 Å². The number of hydrogen-bond donors (Lipinski definition) is 1. The molecule has 0 saturated carbocycles. The van der Waals surface area contributed by atoms with Crippen LogP contribution in [0.1, 0.15) is 18.4 Å². The largest absolute Gasteiger partial charge is 0.454 e. The Morgan fingerprint density at radius 3 is 2.95 bits per heavy atom. The molecule has 1 aromatic carbocycles. The van der Waals surface area contributed by atoms with Gasteiger partial charge in [0.15, 0.2) is 11.5 Å². The molecule has 1 aromatic rings. The first-order valence-corrected chi connectivity index (χ1v) is 6.57. The Morgan fingerprint density at radius 2 is 2.20 bits per heavy atom. The molecular weight excluding hydrogens is 260 g/mol. The number of likely N-dealkylation sites (tertiary alicyclic amines) is 1. The van der Waals surface area contributed by atoms with Gasteiger partial charge in [0.25, 0.3) is 0 Å². The molecule has 20 heavy (non-hydrogen) atoms. The van der Waals surface area contributed by atoms with Crippen molar-refractivity contribution in [2.45, 2.75) is 25.4 Å². The Morgan fingerprint density at radius 1 is 1.40 bits per heavy atom. The minimum absolute atomic E-state index is 0.0215. The summed E-state index contributed by atoms with van der Waals surface area (Å²) in [6.07, 6.45) is 1.03. The molecule has 2 amide bonds. The lowest BCUT2D eigenvalue weighted by Crippen LogP contribution is -2.42. The molecule has 1 saturated heterocycles. The van der Waals surface area contributed by atoms with Gasteiger partial charge >= 0.3 is 0 Å².